The van der Waals surface area contributed by atoms with Gasteiger partial charge in [0.2, 0.25) is 0 Å². The van der Waals surface area contributed by atoms with E-state index in [9.17, 15) is 0 Å². The van der Waals surface area contributed by atoms with Gasteiger partial charge >= 0.3 is 0 Å². The number of hydrogen-bond acceptors (Lipinski definition) is 3. The van der Waals surface area contributed by atoms with E-state index in [0.29, 0.717) is 6.32 Å². The number of fused-ring (bicyclic) bond motifs is 1. The van der Waals surface area contributed by atoms with Crippen molar-refractivity contribution in [3.63, 3.8) is 0 Å². The van der Waals surface area contributed by atoms with Crippen molar-refractivity contribution in [2.75, 3.05) is 24.6 Å². The molecule has 1 aromatic rings. The first kappa shape index (κ1) is 11.3. The highest BCUT2D eigenvalue weighted by Gasteiger charge is 2.17. The maximum Gasteiger partial charge on any atom is 0.142 e. The van der Waals surface area contributed by atoms with Crippen LogP contribution in [0.1, 0.15) is 12.0 Å². The Morgan fingerprint density at radius 3 is 3.06 bits per heavy atom. The lowest BCUT2D eigenvalue weighted by Gasteiger charge is -2.31. The van der Waals surface area contributed by atoms with E-state index in [1.807, 2.05) is 18.2 Å². The number of anilines is 1. The predicted octanol–water partition coefficient (Wildman–Crippen LogP) is 1.35. The third kappa shape index (κ3) is 2.32. The Morgan fingerprint density at radius 2 is 2.31 bits per heavy atom. The Morgan fingerprint density at radius 1 is 1.44 bits per heavy atom. The van der Waals surface area contributed by atoms with Gasteiger partial charge in [0.15, 0.2) is 0 Å². The fourth-order valence-electron chi connectivity index (χ4n) is 1.93. The summed E-state index contributed by atoms with van der Waals surface area (Å²) in [6, 6.07) is 5.81. The molecule has 84 valence electrons. The van der Waals surface area contributed by atoms with Gasteiger partial charge in [-0.1, -0.05) is 12.4 Å². The molecule has 1 heterocycles. The topological polar surface area (TPSA) is 32.7 Å². The number of benzene rings is 1. The summed E-state index contributed by atoms with van der Waals surface area (Å²) in [5.41, 5.74) is 1.99. The molecular weight excluding hydrogens is 201 g/mol. The molecule has 0 fully saturated rings. The number of nitrogens with zero attached hydrogens (tertiary/aromatic N) is 1. The number of aliphatic hydroxyl groups is 1. The van der Waals surface area contributed by atoms with Crippen LogP contribution in [0.25, 0.3) is 0 Å². The normalized spacial score (nSPS) is 14.4. The highest BCUT2D eigenvalue weighted by molar-refractivity contribution is 6.08. The molecule has 0 aromatic heterocycles. The SMILES string of the molecule is [B]CCCN1CCOc2ccc(CO)cc21. The zero-order valence-electron chi connectivity index (χ0n) is 9.35. The third-order valence-corrected chi connectivity index (χ3v) is 2.80. The largest absolute Gasteiger partial charge is 0.490 e. The van der Waals surface area contributed by atoms with Gasteiger partial charge in [0.05, 0.1) is 26.7 Å². The summed E-state index contributed by atoms with van der Waals surface area (Å²) >= 11 is 0. The monoisotopic (exact) mass is 217 g/mol. The molecule has 2 radical (unpaired) electrons. The van der Waals surface area contributed by atoms with E-state index < -0.39 is 0 Å². The number of rotatable bonds is 4. The molecule has 2 rings (SSSR count). The van der Waals surface area contributed by atoms with E-state index in [2.05, 4.69) is 4.90 Å². The van der Waals surface area contributed by atoms with Crippen molar-refractivity contribution >= 4 is 13.5 Å². The highest BCUT2D eigenvalue weighted by atomic mass is 16.5. The molecule has 3 nitrogen and oxygen atoms in total. The molecule has 4 heteroatoms. The molecule has 0 atom stereocenters. The molecule has 0 bridgehead atoms. The van der Waals surface area contributed by atoms with Crippen molar-refractivity contribution in [2.24, 2.45) is 0 Å². The number of ether oxygens (including phenoxy) is 1. The van der Waals surface area contributed by atoms with Crippen LogP contribution < -0.4 is 9.64 Å². The lowest BCUT2D eigenvalue weighted by atomic mass is 10.0. The quantitative estimate of drug-likeness (QED) is 0.772. The zero-order chi connectivity index (χ0) is 11.4. The third-order valence-electron chi connectivity index (χ3n) is 2.80. The average Bonchev–Trinajstić information content (AvgIpc) is 2.35. The lowest BCUT2D eigenvalue weighted by Crippen LogP contribution is -2.33. The lowest BCUT2D eigenvalue weighted by molar-refractivity contribution is 0.280. The molecule has 1 N–H and O–H groups in total. The maximum atomic E-state index is 9.12. The van der Waals surface area contributed by atoms with Gasteiger partial charge in [0.25, 0.3) is 0 Å². The van der Waals surface area contributed by atoms with Gasteiger partial charge in [-0.15, -0.1) is 0 Å². The van der Waals surface area contributed by atoms with E-state index in [1.165, 1.54) is 0 Å². The predicted molar refractivity (Wildman–Crippen MR) is 65.3 cm³/mol. The van der Waals surface area contributed by atoms with Crippen LogP contribution in [0.3, 0.4) is 0 Å². The van der Waals surface area contributed by atoms with Crippen LogP contribution in [0.2, 0.25) is 6.32 Å². The molecule has 1 aliphatic heterocycles. The molecule has 16 heavy (non-hydrogen) atoms. The van der Waals surface area contributed by atoms with E-state index in [4.69, 9.17) is 17.7 Å². The van der Waals surface area contributed by atoms with Gasteiger partial charge in [-0.2, -0.15) is 0 Å². The number of hydrogen-bond donors (Lipinski definition) is 1. The average molecular weight is 217 g/mol. The summed E-state index contributed by atoms with van der Waals surface area (Å²) in [6.07, 6.45) is 1.68. The first-order valence-electron chi connectivity index (χ1n) is 5.66. The second-order valence-electron chi connectivity index (χ2n) is 3.94. The van der Waals surface area contributed by atoms with Gasteiger partial charge in [-0.3, -0.25) is 0 Å². The van der Waals surface area contributed by atoms with E-state index in [-0.39, 0.29) is 6.61 Å². The summed E-state index contributed by atoms with van der Waals surface area (Å²) in [4.78, 5) is 2.27. The van der Waals surface area contributed by atoms with Gasteiger partial charge in [-0.25, -0.2) is 0 Å². The fourth-order valence-corrected chi connectivity index (χ4v) is 1.93. The molecule has 0 saturated carbocycles. The second kappa shape index (κ2) is 5.26. The molecule has 0 amide bonds. The zero-order valence-corrected chi connectivity index (χ0v) is 9.35. The Kier molecular flexibility index (Phi) is 3.72. The van der Waals surface area contributed by atoms with E-state index in [0.717, 1.165) is 43.1 Å². The Labute approximate surface area is 97.4 Å². The van der Waals surface area contributed by atoms with Crippen molar-refractivity contribution in [2.45, 2.75) is 19.3 Å². The summed E-state index contributed by atoms with van der Waals surface area (Å²) in [5.74, 6) is 0.903. The Hall–Kier alpha value is -1.16. The van der Waals surface area contributed by atoms with Crippen LogP contribution >= 0.6 is 0 Å². The van der Waals surface area contributed by atoms with Crippen LogP contribution in [0, 0.1) is 0 Å². The van der Waals surface area contributed by atoms with Crippen molar-refractivity contribution in [3.05, 3.63) is 23.8 Å². The minimum atomic E-state index is 0.0675. The smallest absolute Gasteiger partial charge is 0.142 e. The van der Waals surface area contributed by atoms with Gasteiger partial charge in [-0.05, 0) is 24.1 Å². The van der Waals surface area contributed by atoms with Crippen LogP contribution in [0.5, 0.6) is 5.75 Å². The molecular formula is C12H16BNO2. The van der Waals surface area contributed by atoms with Crippen molar-refractivity contribution in [1.82, 2.24) is 0 Å². The van der Waals surface area contributed by atoms with Crippen LogP contribution in [0.4, 0.5) is 5.69 Å². The fraction of sp³-hybridized carbons (Fsp3) is 0.500. The molecule has 0 saturated heterocycles. The van der Waals surface area contributed by atoms with Gasteiger partial charge in [0.1, 0.15) is 12.4 Å². The molecule has 0 unspecified atom stereocenters. The van der Waals surface area contributed by atoms with Crippen LogP contribution in [0.15, 0.2) is 18.2 Å². The van der Waals surface area contributed by atoms with Crippen LogP contribution in [-0.4, -0.2) is 32.6 Å². The Balaban J connectivity index is 2.21. The summed E-state index contributed by atoms with van der Waals surface area (Å²) in [5, 5.41) is 9.12. The van der Waals surface area contributed by atoms with Crippen molar-refractivity contribution in [3.8, 4) is 5.75 Å². The minimum absolute atomic E-state index is 0.0675. The van der Waals surface area contributed by atoms with Gasteiger partial charge < -0.3 is 14.7 Å². The van der Waals surface area contributed by atoms with Crippen molar-refractivity contribution in [1.29, 1.82) is 0 Å². The standard InChI is InChI=1S/C12H16BNO2/c13-4-1-5-14-6-7-16-12-3-2-10(9-15)8-11(12)14/h2-3,8,15H,1,4-7,9H2. The van der Waals surface area contributed by atoms with Crippen LogP contribution in [-0.2, 0) is 6.61 Å². The molecule has 0 spiro atoms. The summed E-state index contributed by atoms with van der Waals surface area (Å²) < 4.78 is 5.58. The second-order valence-corrected chi connectivity index (χ2v) is 3.94. The first-order chi connectivity index (χ1) is 7.85. The summed E-state index contributed by atoms with van der Waals surface area (Å²) in [6.45, 7) is 2.62. The van der Waals surface area contributed by atoms with Crippen molar-refractivity contribution < 1.29 is 9.84 Å². The molecule has 0 aliphatic carbocycles. The molecule has 1 aliphatic rings. The van der Waals surface area contributed by atoms with E-state index >= 15 is 0 Å². The Bertz CT molecular complexity index is 357. The van der Waals surface area contributed by atoms with E-state index in [1.54, 1.807) is 0 Å². The molecule has 1 aromatic carbocycles. The first-order valence-corrected chi connectivity index (χ1v) is 5.66. The number of aliphatic hydroxyl groups excluding tert-OH is 1. The summed E-state index contributed by atoms with van der Waals surface area (Å²) in [7, 11) is 5.52. The highest BCUT2D eigenvalue weighted by Crippen LogP contribution is 2.32. The minimum Gasteiger partial charge on any atom is -0.490 e. The maximum absolute atomic E-state index is 9.12. The van der Waals surface area contributed by atoms with Gasteiger partial charge in [0, 0.05) is 6.54 Å².